The lowest BCUT2D eigenvalue weighted by atomic mass is 10.1. The van der Waals surface area contributed by atoms with Crippen LogP contribution in [-0.4, -0.2) is 49.7 Å². The zero-order valence-corrected chi connectivity index (χ0v) is 19.3. The van der Waals surface area contributed by atoms with Crippen LogP contribution in [0, 0.1) is 0 Å². The van der Waals surface area contributed by atoms with E-state index in [-0.39, 0.29) is 22.9 Å². The maximum atomic E-state index is 12.7. The summed E-state index contributed by atoms with van der Waals surface area (Å²) >= 11 is 0. The van der Waals surface area contributed by atoms with Gasteiger partial charge in [0.15, 0.2) is 0 Å². The minimum absolute atomic E-state index is 0.00596. The number of nitrogens with one attached hydrogen (secondary N) is 1. The fraction of sp³-hybridized carbons (Fsp3) is 0.435. The van der Waals surface area contributed by atoms with Gasteiger partial charge in [-0.15, -0.1) is 0 Å². The summed E-state index contributed by atoms with van der Waals surface area (Å²) in [6.07, 6.45) is 0. The predicted molar refractivity (Wildman–Crippen MR) is 120 cm³/mol. The van der Waals surface area contributed by atoms with Crippen molar-refractivity contribution in [3.63, 3.8) is 0 Å². The molecule has 0 radical (unpaired) electrons. The van der Waals surface area contributed by atoms with E-state index in [1.54, 1.807) is 36.2 Å². The van der Waals surface area contributed by atoms with Crippen molar-refractivity contribution >= 4 is 15.9 Å². The van der Waals surface area contributed by atoms with Crippen molar-refractivity contribution in [2.45, 2.75) is 51.2 Å². The lowest BCUT2D eigenvalue weighted by Gasteiger charge is -2.25. The van der Waals surface area contributed by atoms with Gasteiger partial charge in [-0.3, -0.25) is 10.1 Å². The Morgan fingerprint density at radius 2 is 1.53 bits per heavy atom. The van der Waals surface area contributed by atoms with E-state index in [4.69, 9.17) is 0 Å². The molecular weight excluding hydrogens is 398 g/mol. The molecule has 30 heavy (non-hydrogen) atoms. The highest BCUT2D eigenvalue weighted by molar-refractivity contribution is 7.89. The van der Waals surface area contributed by atoms with Crippen molar-refractivity contribution in [3.8, 4) is 0 Å². The molecule has 6 nitrogen and oxygen atoms in total. The number of sulfonamides is 1. The van der Waals surface area contributed by atoms with Crippen LogP contribution in [0.2, 0.25) is 0 Å². The maximum Gasteiger partial charge on any atom is 0.243 e. The molecule has 0 bridgehead atoms. The summed E-state index contributed by atoms with van der Waals surface area (Å²) in [6.45, 7) is 8.90. The zero-order chi connectivity index (χ0) is 22.3. The van der Waals surface area contributed by atoms with Crippen LogP contribution in [0.5, 0.6) is 0 Å². The van der Waals surface area contributed by atoms with Gasteiger partial charge in [0, 0.05) is 32.7 Å². The minimum Gasteiger partial charge on any atom is -0.340 e. The first-order chi connectivity index (χ1) is 14.2. The van der Waals surface area contributed by atoms with Gasteiger partial charge in [0.25, 0.3) is 0 Å². The number of hydrogen-bond donors (Lipinski definition) is 1. The standard InChI is InChI=1S/C23H33N3O3S/c1-6-26(7-2)30(28,29)22-15-13-21(14-16-22)18(3)24-19(4)23(27)25(5)17-20-11-9-8-10-12-20/h8-16,18-19,24H,6-7,17H2,1-5H3. The molecule has 0 aliphatic heterocycles. The summed E-state index contributed by atoms with van der Waals surface area (Å²) in [5, 5.41) is 3.31. The summed E-state index contributed by atoms with van der Waals surface area (Å²) in [5.74, 6) is 0.00596. The fourth-order valence-corrected chi connectivity index (χ4v) is 4.91. The Balaban J connectivity index is 2.01. The van der Waals surface area contributed by atoms with Gasteiger partial charge in [-0.25, -0.2) is 8.42 Å². The minimum atomic E-state index is -3.47. The Bertz CT molecular complexity index is 910. The zero-order valence-electron chi connectivity index (χ0n) is 18.5. The molecule has 2 unspecified atom stereocenters. The molecule has 1 amide bonds. The van der Waals surface area contributed by atoms with Crippen molar-refractivity contribution in [1.29, 1.82) is 0 Å². The maximum absolute atomic E-state index is 12.7. The van der Waals surface area contributed by atoms with Gasteiger partial charge in [-0.1, -0.05) is 56.3 Å². The Labute approximate surface area is 180 Å². The number of hydrogen-bond acceptors (Lipinski definition) is 4. The topological polar surface area (TPSA) is 69.7 Å². The SMILES string of the molecule is CCN(CC)S(=O)(=O)c1ccc(C(C)NC(C)C(=O)N(C)Cc2ccccc2)cc1. The first kappa shape index (κ1) is 24.1. The quantitative estimate of drug-likeness (QED) is 0.626. The summed E-state index contributed by atoms with van der Waals surface area (Å²) in [6, 6.07) is 16.3. The van der Waals surface area contributed by atoms with Gasteiger partial charge in [0.1, 0.15) is 0 Å². The molecule has 0 aliphatic carbocycles. The third-order valence-electron chi connectivity index (χ3n) is 5.23. The highest BCUT2D eigenvalue weighted by atomic mass is 32.2. The smallest absolute Gasteiger partial charge is 0.243 e. The van der Waals surface area contributed by atoms with Crippen LogP contribution >= 0.6 is 0 Å². The van der Waals surface area contributed by atoms with E-state index in [9.17, 15) is 13.2 Å². The van der Waals surface area contributed by atoms with Crippen LogP contribution in [0.4, 0.5) is 0 Å². The first-order valence-corrected chi connectivity index (χ1v) is 11.8. The molecule has 2 atom stereocenters. The number of likely N-dealkylation sites (N-methyl/N-ethyl adjacent to an activating group) is 1. The molecule has 1 N–H and O–H groups in total. The molecule has 0 fully saturated rings. The van der Waals surface area contributed by atoms with Gasteiger partial charge < -0.3 is 4.90 Å². The molecule has 2 aromatic rings. The summed E-state index contributed by atoms with van der Waals surface area (Å²) in [5.41, 5.74) is 2.01. The van der Waals surface area contributed by atoms with Crippen LogP contribution in [0.3, 0.4) is 0 Å². The van der Waals surface area contributed by atoms with Gasteiger partial charge in [0.2, 0.25) is 15.9 Å². The first-order valence-electron chi connectivity index (χ1n) is 10.4. The third kappa shape index (κ3) is 5.90. The van der Waals surface area contributed by atoms with E-state index >= 15 is 0 Å². The molecular formula is C23H33N3O3S. The van der Waals surface area contributed by atoms with E-state index in [0.29, 0.717) is 19.6 Å². The van der Waals surface area contributed by atoms with E-state index in [2.05, 4.69) is 5.32 Å². The van der Waals surface area contributed by atoms with E-state index in [1.807, 2.05) is 58.0 Å². The Morgan fingerprint density at radius 1 is 0.967 bits per heavy atom. The van der Waals surface area contributed by atoms with Crippen LogP contribution < -0.4 is 5.32 Å². The van der Waals surface area contributed by atoms with Crippen LogP contribution in [-0.2, 0) is 21.4 Å². The van der Waals surface area contributed by atoms with Gasteiger partial charge in [-0.2, -0.15) is 4.31 Å². The largest absolute Gasteiger partial charge is 0.340 e. The lowest BCUT2D eigenvalue weighted by molar-refractivity contribution is -0.132. The number of rotatable bonds is 10. The predicted octanol–water partition coefficient (Wildman–Crippen LogP) is 3.41. The Morgan fingerprint density at radius 3 is 2.07 bits per heavy atom. The molecule has 0 aromatic heterocycles. The second-order valence-corrected chi connectivity index (χ2v) is 9.39. The van der Waals surface area contributed by atoms with E-state index < -0.39 is 10.0 Å². The molecule has 164 valence electrons. The number of amides is 1. The van der Waals surface area contributed by atoms with E-state index in [0.717, 1.165) is 11.1 Å². The molecule has 7 heteroatoms. The summed E-state index contributed by atoms with van der Waals surface area (Å²) in [7, 11) is -1.67. The normalized spacial score (nSPS) is 13.8. The lowest BCUT2D eigenvalue weighted by Crippen LogP contribution is -2.43. The van der Waals surface area contributed by atoms with Crippen molar-refractivity contribution in [2.75, 3.05) is 20.1 Å². The van der Waals surface area contributed by atoms with Crippen molar-refractivity contribution in [3.05, 3.63) is 65.7 Å². The molecule has 0 heterocycles. The van der Waals surface area contributed by atoms with Crippen LogP contribution in [0.25, 0.3) is 0 Å². The van der Waals surface area contributed by atoms with Crippen molar-refractivity contribution in [1.82, 2.24) is 14.5 Å². The average Bonchev–Trinajstić information content (AvgIpc) is 2.74. The number of nitrogens with zero attached hydrogens (tertiary/aromatic N) is 2. The molecule has 0 aliphatic rings. The number of carbonyl (C=O) groups is 1. The number of benzene rings is 2. The molecule has 0 saturated heterocycles. The third-order valence-corrected chi connectivity index (χ3v) is 7.30. The Kier molecular flexibility index (Phi) is 8.58. The highest BCUT2D eigenvalue weighted by Crippen LogP contribution is 2.20. The average molecular weight is 432 g/mol. The van der Waals surface area contributed by atoms with Gasteiger partial charge in [-0.05, 0) is 37.1 Å². The molecule has 2 aromatic carbocycles. The summed E-state index contributed by atoms with van der Waals surface area (Å²) < 4.78 is 26.7. The monoisotopic (exact) mass is 431 g/mol. The highest BCUT2D eigenvalue weighted by Gasteiger charge is 2.23. The second kappa shape index (κ2) is 10.7. The van der Waals surface area contributed by atoms with Crippen molar-refractivity contribution < 1.29 is 13.2 Å². The molecule has 0 spiro atoms. The van der Waals surface area contributed by atoms with Gasteiger partial charge >= 0.3 is 0 Å². The molecule has 0 saturated carbocycles. The fourth-order valence-electron chi connectivity index (χ4n) is 3.45. The van der Waals surface area contributed by atoms with E-state index in [1.165, 1.54) is 4.31 Å². The van der Waals surface area contributed by atoms with Crippen LogP contribution in [0.1, 0.15) is 44.9 Å². The van der Waals surface area contributed by atoms with Gasteiger partial charge in [0.05, 0.1) is 10.9 Å². The Hall–Kier alpha value is -2.22. The second-order valence-electron chi connectivity index (χ2n) is 7.45. The number of carbonyl (C=O) groups excluding carboxylic acids is 1. The summed E-state index contributed by atoms with van der Waals surface area (Å²) in [4.78, 5) is 14.7. The molecule has 2 rings (SSSR count). The van der Waals surface area contributed by atoms with Crippen molar-refractivity contribution in [2.24, 2.45) is 0 Å². The van der Waals surface area contributed by atoms with Crippen LogP contribution in [0.15, 0.2) is 59.5 Å².